The first-order valence-corrected chi connectivity index (χ1v) is 12.6. The monoisotopic (exact) mass is 386 g/mol. The molecule has 0 aromatic heterocycles. The minimum Gasteiger partial charge on any atom is -0.393 e. The van der Waals surface area contributed by atoms with Gasteiger partial charge in [0.1, 0.15) is 0 Å². The molecule has 8 atom stereocenters. The summed E-state index contributed by atoms with van der Waals surface area (Å²) >= 11 is 0. The van der Waals surface area contributed by atoms with Gasteiger partial charge in [-0.25, -0.2) is 0 Å². The molecule has 0 aliphatic heterocycles. The van der Waals surface area contributed by atoms with Gasteiger partial charge in [0, 0.05) is 0 Å². The summed E-state index contributed by atoms with van der Waals surface area (Å²) in [4.78, 5) is 0. The van der Waals surface area contributed by atoms with Gasteiger partial charge in [-0.05, 0) is 97.7 Å². The predicted octanol–water partition coefficient (Wildman–Crippen LogP) is 7.39. The van der Waals surface area contributed by atoms with Crippen molar-refractivity contribution < 1.29 is 5.11 Å². The molecule has 4 aliphatic rings. The fraction of sp³-hybridized carbons (Fsp3) is 0.926. The number of aliphatic hydroxyl groups is 1. The van der Waals surface area contributed by atoms with Gasteiger partial charge in [0.15, 0.2) is 0 Å². The first kappa shape index (κ1) is 21.0. The van der Waals surface area contributed by atoms with Gasteiger partial charge < -0.3 is 5.11 Å². The lowest BCUT2D eigenvalue weighted by molar-refractivity contribution is -0.0573. The molecule has 0 heterocycles. The fourth-order valence-electron chi connectivity index (χ4n) is 8.67. The molecule has 7 unspecified atom stereocenters. The van der Waals surface area contributed by atoms with E-state index in [1.807, 2.05) is 0 Å². The van der Waals surface area contributed by atoms with Gasteiger partial charge in [0.05, 0.1) is 6.10 Å². The minimum atomic E-state index is -0.0766. The van der Waals surface area contributed by atoms with Crippen molar-refractivity contribution in [2.24, 2.45) is 46.3 Å². The largest absolute Gasteiger partial charge is 0.393 e. The van der Waals surface area contributed by atoms with Gasteiger partial charge in [-0.3, -0.25) is 0 Å². The Morgan fingerprint density at radius 3 is 2.54 bits per heavy atom. The second kappa shape index (κ2) is 7.75. The zero-order chi connectivity index (χ0) is 20.1. The normalized spacial score (nSPS) is 46.5. The molecular weight excluding hydrogens is 340 g/mol. The van der Waals surface area contributed by atoms with Crippen LogP contribution >= 0.6 is 0 Å². The standard InChI is InChI=1S/C27H46O/c1-18(2)7-6-8-19(3)23-11-12-24-22-10-9-20-17-21(28)13-15-26(20,4)25(22)14-16-27(23,24)5/h9,18-19,21-25,28H,6-8,10-17H2,1-5H3/t19?,21?,22?,23?,24?,25-,26?,27?/m0/s1. The Morgan fingerprint density at radius 1 is 1.00 bits per heavy atom. The van der Waals surface area contributed by atoms with Crippen LogP contribution in [0.25, 0.3) is 0 Å². The van der Waals surface area contributed by atoms with Crippen molar-refractivity contribution in [3.8, 4) is 0 Å². The summed E-state index contributed by atoms with van der Waals surface area (Å²) in [6.07, 6.45) is 17.2. The highest BCUT2D eigenvalue weighted by molar-refractivity contribution is 5.25. The fourth-order valence-corrected chi connectivity index (χ4v) is 8.67. The highest BCUT2D eigenvalue weighted by Gasteiger charge is 2.59. The smallest absolute Gasteiger partial charge is 0.0577 e. The lowest BCUT2D eigenvalue weighted by atomic mass is 9.47. The molecule has 28 heavy (non-hydrogen) atoms. The molecule has 0 aromatic carbocycles. The van der Waals surface area contributed by atoms with Gasteiger partial charge in [-0.1, -0.05) is 65.5 Å². The number of aliphatic hydroxyl groups excluding tert-OH is 1. The van der Waals surface area contributed by atoms with E-state index in [4.69, 9.17) is 0 Å². The van der Waals surface area contributed by atoms with Crippen molar-refractivity contribution in [3.63, 3.8) is 0 Å². The minimum absolute atomic E-state index is 0.0766. The van der Waals surface area contributed by atoms with Crippen molar-refractivity contribution in [2.75, 3.05) is 0 Å². The summed E-state index contributed by atoms with van der Waals surface area (Å²) < 4.78 is 0. The van der Waals surface area contributed by atoms with Crippen LogP contribution in [0.3, 0.4) is 0 Å². The molecular formula is C27H46O. The summed E-state index contributed by atoms with van der Waals surface area (Å²) in [6, 6.07) is 0. The summed E-state index contributed by atoms with van der Waals surface area (Å²) in [5.41, 5.74) is 2.60. The van der Waals surface area contributed by atoms with Gasteiger partial charge in [0.25, 0.3) is 0 Å². The molecule has 160 valence electrons. The number of hydrogen-bond acceptors (Lipinski definition) is 1. The quantitative estimate of drug-likeness (QED) is 0.488. The van der Waals surface area contributed by atoms with Gasteiger partial charge in [-0.2, -0.15) is 0 Å². The van der Waals surface area contributed by atoms with E-state index in [1.54, 1.807) is 5.57 Å². The van der Waals surface area contributed by atoms with Crippen LogP contribution in [0, 0.1) is 46.3 Å². The maximum atomic E-state index is 10.2. The van der Waals surface area contributed by atoms with Crippen LogP contribution in [-0.2, 0) is 0 Å². The topological polar surface area (TPSA) is 20.2 Å². The van der Waals surface area contributed by atoms with Gasteiger partial charge >= 0.3 is 0 Å². The highest BCUT2D eigenvalue weighted by atomic mass is 16.3. The van der Waals surface area contributed by atoms with Crippen LogP contribution in [0.1, 0.15) is 105 Å². The number of allylic oxidation sites excluding steroid dienone is 1. The molecule has 3 saturated carbocycles. The summed E-state index contributed by atoms with van der Waals surface area (Å²) in [5, 5.41) is 10.2. The molecule has 1 heteroatoms. The molecule has 1 nitrogen and oxygen atoms in total. The highest BCUT2D eigenvalue weighted by Crippen LogP contribution is 2.67. The van der Waals surface area contributed by atoms with Crippen LogP contribution < -0.4 is 0 Å². The van der Waals surface area contributed by atoms with Crippen LogP contribution in [0.15, 0.2) is 11.6 Å². The van der Waals surface area contributed by atoms with Crippen molar-refractivity contribution >= 4 is 0 Å². The molecule has 4 rings (SSSR count). The molecule has 0 amide bonds. The zero-order valence-corrected chi connectivity index (χ0v) is 19.3. The number of rotatable bonds is 5. The van der Waals surface area contributed by atoms with Crippen LogP contribution in [0.4, 0.5) is 0 Å². The van der Waals surface area contributed by atoms with E-state index in [2.05, 4.69) is 40.7 Å². The second-order valence-corrected chi connectivity index (χ2v) is 12.2. The van der Waals surface area contributed by atoms with E-state index in [0.29, 0.717) is 10.8 Å². The average Bonchev–Trinajstić information content (AvgIpc) is 2.99. The van der Waals surface area contributed by atoms with E-state index < -0.39 is 0 Å². The Kier molecular flexibility index (Phi) is 5.80. The second-order valence-electron chi connectivity index (χ2n) is 12.2. The van der Waals surface area contributed by atoms with Gasteiger partial charge in [-0.15, -0.1) is 0 Å². The van der Waals surface area contributed by atoms with Gasteiger partial charge in [0.2, 0.25) is 0 Å². The predicted molar refractivity (Wildman–Crippen MR) is 119 cm³/mol. The summed E-state index contributed by atoms with van der Waals surface area (Å²) in [6.45, 7) is 12.6. The van der Waals surface area contributed by atoms with Crippen molar-refractivity contribution in [3.05, 3.63) is 11.6 Å². The molecule has 0 radical (unpaired) electrons. The number of hydrogen-bond donors (Lipinski definition) is 1. The third-order valence-corrected chi connectivity index (χ3v) is 10.3. The first-order valence-electron chi connectivity index (χ1n) is 12.6. The van der Waals surface area contributed by atoms with E-state index in [9.17, 15) is 5.11 Å². The average molecular weight is 387 g/mol. The van der Waals surface area contributed by atoms with Crippen LogP contribution in [-0.4, -0.2) is 11.2 Å². The van der Waals surface area contributed by atoms with Crippen LogP contribution in [0.5, 0.6) is 0 Å². The van der Waals surface area contributed by atoms with Crippen molar-refractivity contribution in [1.82, 2.24) is 0 Å². The molecule has 0 aromatic rings. The molecule has 0 saturated heterocycles. The third kappa shape index (κ3) is 3.42. The molecule has 1 N–H and O–H groups in total. The van der Waals surface area contributed by atoms with Crippen molar-refractivity contribution in [1.29, 1.82) is 0 Å². The van der Waals surface area contributed by atoms with E-state index >= 15 is 0 Å². The molecule has 4 aliphatic carbocycles. The lowest BCUT2D eigenvalue weighted by Gasteiger charge is -2.58. The first-order chi connectivity index (χ1) is 13.3. The molecule has 0 spiro atoms. The summed E-state index contributed by atoms with van der Waals surface area (Å²) in [5.74, 6) is 5.46. The maximum Gasteiger partial charge on any atom is 0.0577 e. The van der Waals surface area contributed by atoms with E-state index in [0.717, 1.165) is 48.3 Å². The van der Waals surface area contributed by atoms with E-state index in [-0.39, 0.29) is 6.10 Å². The Labute approximate surface area is 174 Å². The molecule has 3 fully saturated rings. The Hall–Kier alpha value is -0.300. The van der Waals surface area contributed by atoms with Crippen molar-refractivity contribution in [2.45, 2.75) is 111 Å². The Morgan fingerprint density at radius 2 is 1.79 bits per heavy atom. The van der Waals surface area contributed by atoms with Crippen LogP contribution in [0.2, 0.25) is 0 Å². The molecule has 0 bridgehead atoms. The summed E-state index contributed by atoms with van der Waals surface area (Å²) in [7, 11) is 0. The Balaban J connectivity index is 1.49. The number of fused-ring (bicyclic) bond motifs is 5. The third-order valence-electron chi connectivity index (χ3n) is 10.3. The lowest BCUT2D eigenvalue weighted by Crippen LogP contribution is -2.50. The SMILES string of the molecule is CC(C)CCCC(C)C1CCC2C3CC=C4CC(O)CCC4(C)[C@H]3CCC12C. The zero-order valence-electron chi connectivity index (χ0n) is 19.3. The van der Waals surface area contributed by atoms with E-state index in [1.165, 1.54) is 57.8 Å². The maximum absolute atomic E-state index is 10.2. The Bertz CT molecular complexity index is 591.